The zero-order valence-corrected chi connectivity index (χ0v) is 22.7. The number of amides is 4. The average Bonchev–Trinajstić information content (AvgIpc) is 3.21. The SMILES string of the molecule is CN(C)CCN(Cc1ccccc1)C(=O)CCN1CC2=C(C1=O)C(c1cccc(Cl)c1Cl)NC(=O)N2C. The Morgan fingerprint density at radius 2 is 1.78 bits per heavy atom. The van der Waals surface area contributed by atoms with Gasteiger partial charge in [-0.3, -0.25) is 14.5 Å². The quantitative estimate of drug-likeness (QED) is 0.522. The van der Waals surface area contributed by atoms with Crippen molar-refractivity contribution in [2.75, 3.05) is 47.3 Å². The Balaban J connectivity index is 1.49. The van der Waals surface area contributed by atoms with Crippen LogP contribution in [0.3, 0.4) is 0 Å². The molecular formula is C27H31Cl2N5O3. The second-order valence-corrected chi connectivity index (χ2v) is 10.3. The number of likely N-dealkylation sites (N-methyl/N-ethyl adjacent to an activating group) is 2. The van der Waals surface area contributed by atoms with E-state index in [9.17, 15) is 14.4 Å². The Hall–Kier alpha value is -3.07. The number of nitrogens with zero attached hydrogens (tertiary/aromatic N) is 4. The average molecular weight is 544 g/mol. The Morgan fingerprint density at radius 1 is 1.05 bits per heavy atom. The lowest BCUT2D eigenvalue weighted by molar-refractivity contribution is -0.133. The standard InChI is InChI=1S/C27H31Cl2N5O3/c1-31(2)14-15-33(16-18-8-5-4-6-9-18)22(35)12-13-34-17-21-23(26(34)36)25(30-27(37)32(21)3)19-10-7-11-20(28)24(19)29/h4-11,25H,12-17H2,1-3H3,(H,30,37). The van der Waals surface area contributed by atoms with E-state index in [0.717, 1.165) is 12.1 Å². The fourth-order valence-corrected chi connectivity index (χ4v) is 5.00. The number of nitrogens with one attached hydrogen (secondary N) is 1. The fraction of sp³-hybridized carbons (Fsp3) is 0.370. The monoisotopic (exact) mass is 543 g/mol. The minimum Gasteiger partial charge on any atom is -0.337 e. The number of halogens is 2. The molecule has 0 aromatic heterocycles. The van der Waals surface area contributed by atoms with Crippen LogP contribution in [0.25, 0.3) is 0 Å². The van der Waals surface area contributed by atoms with E-state index in [4.69, 9.17) is 23.2 Å². The molecular weight excluding hydrogens is 513 g/mol. The van der Waals surface area contributed by atoms with E-state index in [1.807, 2.05) is 54.2 Å². The van der Waals surface area contributed by atoms with Gasteiger partial charge in [0.05, 0.1) is 33.9 Å². The van der Waals surface area contributed by atoms with E-state index >= 15 is 0 Å². The summed E-state index contributed by atoms with van der Waals surface area (Å²) in [5.41, 5.74) is 2.67. The minimum atomic E-state index is -0.715. The van der Waals surface area contributed by atoms with E-state index in [1.165, 1.54) is 4.90 Å². The molecule has 0 fully saturated rings. The molecule has 2 aliphatic heterocycles. The third-order valence-corrected chi connectivity index (χ3v) is 7.54. The van der Waals surface area contributed by atoms with Crippen LogP contribution in [0.15, 0.2) is 59.8 Å². The van der Waals surface area contributed by atoms with Crippen LogP contribution in [0.2, 0.25) is 10.0 Å². The van der Waals surface area contributed by atoms with Gasteiger partial charge in [-0.2, -0.15) is 0 Å². The number of benzene rings is 2. The summed E-state index contributed by atoms with van der Waals surface area (Å²) in [7, 11) is 5.57. The first kappa shape index (κ1) is 27.0. The van der Waals surface area contributed by atoms with E-state index < -0.39 is 6.04 Å². The van der Waals surface area contributed by atoms with Crippen LogP contribution in [0.4, 0.5) is 4.79 Å². The number of carbonyl (C=O) groups is 3. The van der Waals surface area contributed by atoms with E-state index in [0.29, 0.717) is 40.0 Å². The number of hydrogen-bond donors (Lipinski definition) is 1. The highest BCUT2D eigenvalue weighted by atomic mass is 35.5. The van der Waals surface area contributed by atoms with Gasteiger partial charge in [-0.15, -0.1) is 0 Å². The highest BCUT2D eigenvalue weighted by molar-refractivity contribution is 6.42. The summed E-state index contributed by atoms with van der Waals surface area (Å²) in [6.07, 6.45) is 0.181. The molecule has 1 atom stereocenters. The summed E-state index contributed by atoms with van der Waals surface area (Å²) in [5.74, 6) is -0.251. The Morgan fingerprint density at radius 3 is 2.49 bits per heavy atom. The fourth-order valence-electron chi connectivity index (χ4n) is 4.59. The third-order valence-electron chi connectivity index (χ3n) is 6.71. The summed E-state index contributed by atoms with van der Waals surface area (Å²) < 4.78 is 0. The highest BCUT2D eigenvalue weighted by Crippen LogP contribution is 2.39. The molecule has 4 rings (SSSR count). The van der Waals surface area contributed by atoms with Gasteiger partial charge in [0.15, 0.2) is 0 Å². The minimum absolute atomic E-state index is 0.0274. The van der Waals surface area contributed by atoms with Crippen molar-refractivity contribution in [3.8, 4) is 0 Å². The molecule has 4 amide bonds. The first-order valence-corrected chi connectivity index (χ1v) is 12.9. The molecule has 2 aromatic carbocycles. The van der Waals surface area contributed by atoms with Crippen molar-refractivity contribution in [3.05, 3.63) is 81.0 Å². The van der Waals surface area contributed by atoms with Gasteiger partial charge in [0, 0.05) is 39.6 Å². The zero-order valence-electron chi connectivity index (χ0n) is 21.2. The third kappa shape index (κ3) is 5.92. The lowest BCUT2D eigenvalue weighted by atomic mass is 9.95. The molecule has 0 bridgehead atoms. The van der Waals surface area contributed by atoms with Crippen LogP contribution in [-0.4, -0.2) is 84.8 Å². The molecule has 8 nitrogen and oxygen atoms in total. The van der Waals surface area contributed by atoms with Crippen LogP contribution < -0.4 is 5.32 Å². The Bertz CT molecular complexity index is 1220. The summed E-state index contributed by atoms with van der Waals surface area (Å²) >= 11 is 12.7. The number of hydrogen-bond acceptors (Lipinski definition) is 4. The number of urea groups is 1. The van der Waals surface area contributed by atoms with Crippen molar-refractivity contribution in [3.63, 3.8) is 0 Å². The van der Waals surface area contributed by atoms with Crippen molar-refractivity contribution < 1.29 is 14.4 Å². The van der Waals surface area contributed by atoms with Gasteiger partial charge >= 0.3 is 6.03 Å². The largest absolute Gasteiger partial charge is 0.337 e. The van der Waals surface area contributed by atoms with Crippen LogP contribution in [0.5, 0.6) is 0 Å². The second-order valence-electron chi connectivity index (χ2n) is 9.53. The van der Waals surface area contributed by atoms with Crippen LogP contribution >= 0.6 is 23.2 Å². The molecule has 0 spiro atoms. The lowest BCUT2D eigenvalue weighted by Gasteiger charge is -2.31. The van der Waals surface area contributed by atoms with Gasteiger partial charge in [-0.1, -0.05) is 65.7 Å². The van der Waals surface area contributed by atoms with Crippen LogP contribution in [0.1, 0.15) is 23.6 Å². The van der Waals surface area contributed by atoms with Gasteiger partial charge in [0.25, 0.3) is 5.91 Å². The molecule has 0 saturated carbocycles. The molecule has 0 radical (unpaired) electrons. The first-order chi connectivity index (χ1) is 17.7. The normalized spacial score (nSPS) is 17.4. The molecule has 196 valence electrons. The molecule has 10 heteroatoms. The molecule has 1 N–H and O–H groups in total. The van der Waals surface area contributed by atoms with Crippen molar-refractivity contribution in [2.45, 2.75) is 19.0 Å². The summed E-state index contributed by atoms with van der Waals surface area (Å²) in [4.78, 5) is 46.4. The predicted octanol–water partition coefficient (Wildman–Crippen LogP) is 3.77. The summed E-state index contributed by atoms with van der Waals surface area (Å²) in [6.45, 7) is 2.32. The molecule has 2 aliphatic rings. The van der Waals surface area contributed by atoms with Gasteiger partial charge < -0.3 is 20.0 Å². The van der Waals surface area contributed by atoms with Crippen molar-refractivity contribution in [1.82, 2.24) is 24.9 Å². The summed E-state index contributed by atoms with van der Waals surface area (Å²) in [6, 6.07) is 14.0. The number of rotatable bonds is 9. The Labute approximate surface area is 227 Å². The van der Waals surface area contributed by atoms with Gasteiger partial charge in [0.2, 0.25) is 5.91 Å². The van der Waals surface area contributed by atoms with Crippen molar-refractivity contribution in [1.29, 1.82) is 0 Å². The molecule has 0 saturated heterocycles. The molecule has 1 unspecified atom stereocenters. The summed E-state index contributed by atoms with van der Waals surface area (Å²) in [5, 5.41) is 3.51. The van der Waals surface area contributed by atoms with Crippen LogP contribution in [0, 0.1) is 0 Å². The number of carbonyl (C=O) groups excluding carboxylic acids is 3. The topological polar surface area (TPSA) is 76.2 Å². The van der Waals surface area contributed by atoms with Gasteiger partial charge in [-0.05, 0) is 31.3 Å². The van der Waals surface area contributed by atoms with Crippen LogP contribution in [-0.2, 0) is 16.1 Å². The molecule has 2 heterocycles. The second kappa shape index (κ2) is 11.5. The van der Waals surface area contributed by atoms with E-state index in [-0.39, 0.29) is 37.4 Å². The van der Waals surface area contributed by atoms with Crippen molar-refractivity contribution in [2.24, 2.45) is 0 Å². The smallest absolute Gasteiger partial charge is 0.322 e. The maximum atomic E-state index is 13.5. The van der Waals surface area contributed by atoms with E-state index in [1.54, 1.807) is 30.1 Å². The molecule has 0 aliphatic carbocycles. The first-order valence-electron chi connectivity index (χ1n) is 12.1. The van der Waals surface area contributed by atoms with E-state index in [2.05, 4.69) is 5.32 Å². The maximum Gasteiger partial charge on any atom is 0.322 e. The highest BCUT2D eigenvalue weighted by Gasteiger charge is 2.43. The molecule has 37 heavy (non-hydrogen) atoms. The van der Waals surface area contributed by atoms with Gasteiger partial charge in [-0.25, -0.2) is 4.79 Å². The van der Waals surface area contributed by atoms with Gasteiger partial charge in [0.1, 0.15) is 0 Å². The predicted molar refractivity (Wildman–Crippen MR) is 144 cm³/mol. The lowest BCUT2D eigenvalue weighted by Crippen LogP contribution is -2.45. The Kier molecular flexibility index (Phi) is 8.42. The maximum absolute atomic E-state index is 13.5. The van der Waals surface area contributed by atoms with Crippen molar-refractivity contribution >= 4 is 41.0 Å². The molecule has 2 aromatic rings. The zero-order chi connectivity index (χ0) is 26.7.